The summed E-state index contributed by atoms with van der Waals surface area (Å²) in [6.45, 7) is 9.27. The van der Waals surface area contributed by atoms with Crippen LogP contribution in [0, 0.1) is 6.92 Å². The van der Waals surface area contributed by atoms with Crippen LogP contribution in [0.3, 0.4) is 0 Å². The summed E-state index contributed by atoms with van der Waals surface area (Å²) in [6, 6.07) is 6.01. The van der Waals surface area contributed by atoms with Crippen LogP contribution in [0.1, 0.15) is 38.1 Å². The summed E-state index contributed by atoms with van der Waals surface area (Å²) in [6.07, 6.45) is 2.23. The minimum atomic E-state index is -0.0717. The van der Waals surface area contributed by atoms with Gasteiger partial charge in [-0.3, -0.25) is 4.98 Å². The topological polar surface area (TPSA) is 58.5 Å². The summed E-state index contributed by atoms with van der Waals surface area (Å²) in [5.74, 6) is 0.817. The summed E-state index contributed by atoms with van der Waals surface area (Å²) in [5, 5.41) is 6.64. The van der Waals surface area contributed by atoms with E-state index in [2.05, 4.69) is 34.5 Å². The van der Waals surface area contributed by atoms with E-state index in [0.717, 1.165) is 49.9 Å². The van der Waals surface area contributed by atoms with Gasteiger partial charge in [0.25, 0.3) is 0 Å². The first-order valence-corrected chi connectivity index (χ1v) is 7.70. The molecule has 0 radical (unpaired) electrons. The van der Waals surface area contributed by atoms with Crippen molar-refractivity contribution in [2.45, 2.75) is 45.8 Å². The monoisotopic (exact) mass is 418 g/mol. The van der Waals surface area contributed by atoms with Crippen LogP contribution in [0.5, 0.6) is 0 Å². The molecule has 0 saturated carbocycles. The van der Waals surface area contributed by atoms with E-state index in [1.807, 2.05) is 25.1 Å². The average molecular weight is 418 g/mol. The van der Waals surface area contributed by atoms with Crippen molar-refractivity contribution in [2.75, 3.05) is 19.7 Å². The first-order valence-electron chi connectivity index (χ1n) is 7.70. The number of hydrogen-bond acceptors (Lipinski definition) is 3. The largest absolute Gasteiger partial charge is 0.373 e. The number of guanidine groups is 1. The van der Waals surface area contributed by atoms with Gasteiger partial charge in [0.15, 0.2) is 5.96 Å². The fourth-order valence-electron chi connectivity index (χ4n) is 2.44. The predicted molar refractivity (Wildman–Crippen MR) is 101 cm³/mol. The third kappa shape index (κ3) is 6.08. The summed E-state index contributed by atoms with van der Waals surface area (Å²) in [5.41, 5.74) is 1.93. The van der Waals surface area contributed by atoms with Crippen molar-refractivity contribution in [3.8, 4) is 0 Å². The zero-order chi connectivity index (χ0) is 15.1. The third-order valence-corrected chi connectivity index (χ3v) is 3.62. The number of nitrogens with one attached hydrogen (secondary N) is 2. The van der Waals surface area contributed by atoms with Gasteiger partial charge in [-0.2, -0.15) is 0 Å². The second-order valence-electron chi connectivity index (χ2n) is 5.72. The molecule has 1 aromatic rings. The van der Waals surface area contributed by atoms with E-state index in [9.17, 15) is 0 Å². The van der Waals surface area contributed by atoms with Gasteiger partial charge < -0.3 is 15.4 Å². The van der Waals surface area contributed by atoms with E-state index in [4.69, 9.17) is 4.74 Å². The predicted octanol–water partition coefficient (Wildman–Crippen LogP) is 2.63. The quantitative estimate of drug-likeness (QED) is 0.439. The molecule has 0 aliphatic carbocycles. The second-order valence-corrected chi connectivity index (χ2v) is 5.72. The molecule has 2 rings (SSSR count). The summed E-state index contributed by atoms with van der Waals surface area (Å²) in [4.78, 5) is 9.06. The summed E-state index contributed by atoms with van der Waals surface area (Å²) >= 11 is 0. The lowest BCUT2D eigenvalue weighted by atomic mass is 10.0. The Morgan fingerprint density at radius 2 is 2.23 bits per heavy atom. The minimum absolute atomic E-state index is 0. The van der Waals surface area contributed by atoms with Crippen LogP contribution in [0.25, 0.3) is 0 Å². The lowest BCUT2D eigenvalue weighted by molar-refractivity contribution is 0.0243. The van der Waals surface area contributed by atoms with Crippen LogP contribution in [0.15, 0.2) is 23.2 Å². The first kappa shape index (κ1) is 19.2. The molecule has 124 valence electrons. The average Bonchev–Trinajstić information content (AvgIpc) is 2.89. The molecule has 1 unspecified atom stereocenters. The number of aliphatic imine (C=N–C) groups is 1. The van der Waals surface area contributed by atoms with E-state index in [0.29, 0.717) is 6.54 Å². The molecule has 0 amide bonds. The molecule has 1 atom stereocenters. The molecule has 0 spiro atoms. The molecule has 1 aliphatic heterocycles. The molecule has 1 aromatic heterocycles. The highest BCUT2D eigenvalue weighted by Gasteiger charge is 2.29. The van der Waals surface area contributed by atoms with Gasteiger partial charge in [-0.25, -0.2) is 4.99 Å². The Labute approximate surface area is 150 Å². The molecule has 1 fully saturated rings. The van der Waals surface area contributed by atoms with Crippen molar-refractivity contribution >= 4 is 29.9 Å². The van der Waals surface area contributed by atoms with Gasteiger partial charge in [0, 0.05) is 25.4 Å². The maximum absolute atomic E-state index is 5.79. The Morgan fingerprint density at radius 3 is 2.86 bits per heavy atom. The van der Waals surface area contributed by atoms with Crippen LogP contribution in [0.4, 0.5) is 0 Å². The number of rotatable bonds is 5. The van der Waals surface area contributed by atoms with E-state index < -0.39 is 0 Å². The van der Waals surface area contributed by atoms with Crippen molar-refractivity contribution in [3.63, 3.8) is 0 Å². The third-order valence-electron chi connectivity index (χ3n) is 3.62. The number of aryl methyl sites for hydroxylation is 1. The first-order chi connectivity index (χ1) is 10.1. The van der Waals surface area contributed by atoms with Gasteiger partial charge in [-0.1, -0.05) is 6.07 Å². The van der Waals surface area contributed by atoms with Crippen LogP contribution < -0.4 is 10.6 Å². The highest BCUT2D eigenvalue weighted by molar-refractivity contribution is 14.0. The Kier molecular flexibility index (Phi) is 8.09. The van der Waals surface area contributed by atoms with Gasteiger partial charge in [0.1, 0.15) is 0 Å². The maximum atomic E-state index is 5.79. The van der Waals surface area contributed by atoms with Gasteiger partial charge in [0.2, 0.25) is 0 Å². The summed E-state index contributed by atoms with van der Waals surface area (Å²) < 4.78 is 5.79. The molecular weight excluding hydrogens is 391 g/mol. The molecule has 1 aliphatic rings. The number of nitrogens with zero attached hydrogens (tertiary/aromatic N) is 2. The number of aromatic nitrogens is 1. The fourth-order valence-corrected chi connectivity index (χ4v) is 2.44. The van der Waals surface area contributed by atoms with Crippen molar-refractivity contribution in [2.24, 2.45) is 4.99 Å². The number of halogens is 1. The van der Waals surface area contributed by atoms with E-state index >= 15 is 0 Å². The van der Waals surface area contributed by atoms with E-state index in [-0.39, 0.29) is 29.6 Å². The van der Waals surface area contributed by atoms with Crippen molar-refractivity contribution < 1.29 is 4.74 Å². The highest BCUT2D eigenvalue weighted by atomic mass is 127. The molecule has 2 N–H and O–H groups in total. The maximum Gasteiger partial charge on any atom is 0.191 e. The van der Waals surface area contributed by atoms with Gasteiger partial charge >= 0.3 is 0 Å². The lowest BCUT2D eigenvalue weighted by Gasteiger charge is -2.24. The van der Waals surface area contributed by atoms with Gasteiger partial charge in [-0.15, -0.1) is 24.0 Å². The standard InChI is InChI=1S/C16H26N4O.HI/c1-4-17-15(19-12-16(3)9-6-10-21-16)18-11-14-8-5-7-13(2)20-14;/h5,7-8H,4,6,9-12H2,1-3H3,(H2,17,18,19);1H. The summed E-state index contributed by atoms with van der Waals surface area (Å²) in [7, 11) is 0. The van der Waals surface area contributed by atoms with Gasteiger partial charge in [-0.05, 0) is 45.7 Å². The van der Waals surface area contributed by atoms with Crippen molar-refractivity contribution in [1.29, 1.82) is 0 Å². The SMILES string of the molecule is CCNC(=NCc1cccc(C)n1)NCC1(C)CCCO1.I. The van der Waals surface area contributed by atoms with Crippen LogP contribution in [-0.4, -0.2) is 36.2 Å². The molecule has 2 heterocycles. The van der Waals surface area contributed by atoms with E-state index in [1.54, 1.807) is 0 Å². The Morgan fingerprint density at radius 1 is 1.41 bits per heavy atom. The zero-order valence-corrected chi connectivity index (χ0v) is 16.0. The van der Waals surface area contributed by atoms with Crippen molar-refractivity contribution in [1.82, 2.24) is 15.6 Å². The van der Waals surface area contributed by atoms with E-state index in [1.165, 1.54) is 0 Å². The van der Waals surface area contributed by atoms with Crippen LogP contribution in [-0.2, 0) is 11.3 Å². The van der Waals surface area contributed by atoms with Crippen LogP contribution in [0.2, 0.25) is 0 Å². The molecule has 5 nitrogen and oxygen atoms in total. The normalized spacial score (nSPS) is 21.3. The van der Waals surface area contributed by atoms with Crippen molar-refractivity contribution in [3.05, 3.63) is 29.6 Å². The molecule has 0 bridgehead atoms. The minimum Gasteiger partial charge on any atom is -0.373 e. The number of pyridine rings is 1. The molecule has 1 saturated heterocycles. The molecular formula is C16H27IN4O. The number of ether oxygens (including phenoxy) is 1. The van der Waals surface area contributed by atoms with Gasteiger partial charge in [0.05, 0.1) is 17.8 Å². The fraction of sp³-hybridized carbons (Fsp3) is 0.625. The Balaban J connectivity index is 0.00000242. The zero-order valence-electron chi connectivity index (χ0n) is 13.7. The smallest absolute Gasteiger partial charge is 0.191 e. The Hall–Kier alpha value is -0.890. The Bertz CT molecular complexity index is 487. The lowest BCUT2D eigenvalue weighted by Crippen LogP contribution is -2.45. The highest BCUT2D eigenvalue weighted by Crippen LogP contribution is 2.23. The number of hydrogen-bond donors (Lipinski definition) is 2. The molecule has 6 heteroatoms. The van der Waals surface area contributed by atoms with Crippen LogP contribution >= 0.6 is 24.0 Å². The second kappa shape index (κ2) is 9.29. The molecule has 22 heavy (non-hydrogen) atoms. The molecule has 0 aromatic carbocycles.